The van der Waals surface area contributed by atoms with E-state index in [9.17, 15) is 18.0 Å². The number of anilines is 2. The molecule has 12 heteroatoms. The fourth-order valence-electron chi connectivity index (χ4n) is 3.97. The molecule has 0 spiro atoms. The number of benzene rings is 3. The van der Waals surface area contributed by atoms with Crippen LogP contribution in [0.5, 0.6) is 0 Å². The summed E-state index contributed by atoms with van der Waals surface area (Å²) in [5.41, 5.74) is 2.49. The van der Waals surface area contributed by atoms with Crippen molar-refractivity contribution in [1.82, 2.24) is 19.4 Å². The second-order valence-corrected chi connectivity index (χ2v) is 11.5. The highest BCUT2D eigenvalue weighted by atomic mass is 32.2. The van der Waals surface area contributed by atoms with Crippen molar-refractivity contribution in [3.8, 4) is 5.69 Å². The number of hydrogen-bond donors (Lipinski definition) is 4. The Bertz CT molecular complexity index is 1640. The second kappa shape index (κ2) is 10.8. The molecule has 0 fully saturated rings. The standard InChI is InChI=1S/C27H31N7O4S/c1-27(2,3)23-16-24(30-25(35)29-22-14-8-11-19-10-5-6-13-21(19)22)34(31-23)20-12-7-9-18(15-20)17-33(4)26(36)32-39(28,37)38/h5-16H,17H2,1-4H3,(H,32,36)(H2,28,37,38)(H2,29,30,35). The number of rotatable bonds is 6. The monoisotopic (exact) mass is 549 g/mol. The van der Waals surface area contributed by atoms with Gasteiger partial charge in [0.1, 0.15) is 5.82 Å². The number of urea groups is 2. The van der Waals surface area contributed by atoms with Gasteiger partial charge in [-0.1, -0.05) is 69.3 Å². The number of carbonyl (C=O) groups is 2. The van der Waals surface area contributed by atoms with Crippen molar-refractivity contribution in [1.29, 1.82) is 0 Å². The zero-order valence-electron chi connectivity index (χ0n) is 22.1. The predicted octanol–water partition coefficient (Wildman–Crippen LogP) is 4.31. The van der Waals surface area contributed by atoms with E-state index >= 15 is 0 Å². The van der Waals surface area contributed by atoms with Crippen molar-refractivity contribution >= 4 is 44.5 Å². The fraction of sp³-hybridized carbons (Fsp3) is 0.222. The first-order valence-corrected chi connectivity index (χ1v) is 13.7. The summed E-state index contributed by atoms with van der Waals surface area (Å²) in [6, 6.07) is 21.2. The minimum atomic E-state index is -4.18. The van der Waals surface area contributed by atoms with E-state index < -0.39 is 22.3 Å². The number of carbonyl (C=O) groups excluding carboxylic acids is 2. The van der Waals surface area contributed by atoms with Gasteiger partial charge in [-0.3, -0.25) is 5.32 Å². The van der Waals surface area contributed by atoms with Gasteiger partial charge >= 0.3 is 12.1 Å². The van der Waals surface area contributed by atoms with E-state index in [1.807, 2.05) is 75.4 Å². The average Bonchev–Trinajstić information content (AvgIpc) is 3.27. The van der Waals surface area contributed by atoms with Gasteiger partial charge in [-0.25, -0.2) is 24.1 Å². The second-order valence-electron chi connectivity index (χ2n) is 10.2. The quantitative estimate of drug-likeness (QED) is 0.282. The molecule has 4 amide bonds. The first kappa shape index (κ1) is 27.6. The maximum absolute atomic E-state index is 13.1. The first-order chi connectivity index (χ1) is 18.3. The molecule has 0 saturated heterocycles. The first-order valence-electron chi connectivity index (χ1n) is 12.1. The number of hydrogen-bond acceptors (Lipinski definition) is 5. The molecule has 0 radical (unpaired) electrons. The predicted molar refractivity (Wildman–Crippen MR) is 152 cm³/mol. The van der Waals surface area contributed by atoms with E-state index in [-0.39, 0.29) is 12.0 Å². The van der Waals surface area contributed by atoms with E-state index in [0.717, 1.165) is 16.5 Å². The summed E-state index contributed by atoms with van der Waals surface area (Å²) in [4.78, 5) is 26.4. The van der Waals surface area contributed by atoms with Crippen LogP contribution in [0.3, 0.4) is 0 Å². The molecule has 11 nitrogen and oxygen atoms in total. The Morgan fingerprint density at radius 1 is 0.974 bits per heavy atom. The molecule has 0 bridgehead atoms. The number of aromatic nitrogens is 2. The van der Waals surface area contributed by atoms with Crippen LogP contribution < -0.4 is 20.5 Å². The third-order valence-electron chi connectivity index (χ3n) is 5.91. The van der Waals surface area contributed by atoms with E-state index in [4.69, 9.17) is 10.2 Å². The highest BCUT2D eigenvalue weighted by Gasteiger charge is 2.22. The Hall–Kier alpha value is -4.42. The number of fused-ring (bicyclic) bond motifs is 1. The Morgan fingerprint density at radius 3 is 2.38 bits per heavy atom. The molecule has 0 unspecified atom stereocenters. The van der Waals surface area contributed by atoms with Gasteiger partial charge in [0.2, 0.25) is 0 Å². The summed E-state index contributed by atoms with van der Waals surface area (Å²) < 4.78 is 25.7. The number of nitrogens with one attached hydrogen (secondary N) is 3. The van der Waals surface area contributed by atoms with Crippen molar-refractivity contribution in [3.05, 3.63) is 84.1 Å². The summed E-state index contributed by atoms with van der Waals surface area (Å²) in [7, 11) is -2.73. The molecule has 0 saturated carbocycles. The Labute approximate surface area is 227 Å². The summed E-state index contributed by atoms with van der Waals surface area (Å²) in [5.74, 6) is 0.454. The van der Waals surface area contributed by atoms with Crippen LogP contribution in [-0.2, 0) is 22.2 Å². The molecule has 1 aromatic heterocycles. The van der Waals surface area contributed by atoms with Crippen LogP contribution >= 0.6 is 0 Å². The zero-order chi connectivity index (χ0) is 28.4. The van der Waals surface area contributed by atoms with Gasteiger partial charge in [0, 0.05) is 30.5 Å². The number of nitrogens with zero attached hydrogens (tertiary/aromatic N) is 3. The minimum absolute atomic E-state index is 0.104. The van der Waals surface area contributed by atoms with Gasteiger partial charge in [0.05, 0.1) is 17.1 Å². The Kier molecular flexibility index (Phi) is 7.61. The molecule has 1 heterocycles. The lowest BCUT2D eigenvalue weighted by Gasteiger charge is -2.18. The molecule has 0 aliphatic carbocycles. The van der Waals surface area contributed by atoms with Crippen molar-refractivity contribution in [2.45, 2.75) is 32.7 Å². The van der Waals surface area contributed by atoms with Crippen molar-refractivity contribution in [3.63, 3.8) is 0 Å². The van der Waals surface area contributed by atoms with Crippen LogP contribution in [0.1, 0.15) is 32.0 Å². The van der Waals surface area contributed by atoms with Gasteiger partial charge in [0.15, 0.2) is 0 Å². The maximum atomic E-state index is 13.1. The molecule has 204 valence electrons. The smallest absolute Gasteiger partial charge is 0.323 e. The SMILES string of the molecule is CN(Cc1cccc(-n2nc(C(C)(C)C)cc2NC(=O)Nc2cccc3ccccc23)c1)C(=O)NS(N)(=O)=O. The molecule has 4 rings (SSSR count). The topological polar surface area (TPSA) is 151 Å². The maximum Gasteiger partial charge on any atom is 0.332 e. The molecular formula is C27H31N7O4S. The molecular weight excluding hydrogens is 518 g/mol. The third-order valence-corrected chi connectivity index (χ3v) is 6.37. The van der Waals surface area contributed by atoms with Crippen LogP contribution in [0, 0.1) is 0 Å². The molecule has 39 heavy (non-hydrogen) atoms. The van der Waals surface area contributed by atoms with Crippen LogP contribution in [0.2, 0.25) is 0 Å². The summed E-state index contributed by atoms with van der Waals surface area (Å²) in [5, 5.41) is 17.4. The van der Waals surface area contributed by atoms with E-state index in [1.54, 1.807) is 27.6 Å². The average molecular weight is 550 g/mol. The molecule has 0 aliphatic heterocycles. The van der Waals surface area contributed by atoms with Gasteiger partial charge in [0.25, 0.3) is 10.2 Å². The minimum Gasteiger partial charge on any atom is -0.323 e. The van der Waals surface area contributed by atoms with E-state index in [2.05, 4.69) is 10.6 Å². The van der Waals surface area contributed by atoms with Crippen molar-refractivity contribution in [2.24, 2.45) is 5.14 Å². The van der Waals surface area contributed by atoms with Gasteiger partial charge in [-0.15, -0.1) is 0 Å². The van der Waals surface area contributed by atoms with Gasteiger partial charge in [-0.05, 0) is 29.1 Å². The van der Waals surface area contributed by atoms with Crippen molar-refractivity contribution in [2.75, 3.05) is 17.7 Å². The lowest BCUT2D eigenvalue weighted by molar-refractivity contribution is 0.213. The fourth-order valence-corrected chi connectivity index (χ4v) is 4.37. The molecule has 5 N–H and O–H groups in total. The van der Waals surface area contributed by atoms with Gasteiger partial charge in [-0.2, -0.15) is 13.5 Å². The van der Waals surface area contributed by atoms with Crippen LogP contribution in [0.15, 0.2) is 72.8 Å². The largest absolute Gasteiger partial charge is 0.332 e. The molecule has 4 aromatic rings. The number of nitrogens with two attached hydrogens (primary N) is 1. The molecule has 0 atom stereocenters. The van der Waals surface area contributed by atoms with Crippen molar-refractivity contribution < 1.29 is 18.0 Å². The summed E-state index contributed by atoms with van der Waals surface area (Å²) >= 11 is 0. The van der Waals surface area contributed by atoms with Crippen LogP contribution in [0.25, 0.3) is 16.5 Å². The van der Waals surface area contributed by atoms with E-state index in [0.29, 0.717) is 22.8 Å². The molecule has 0 aliphatic rings. The highest BCUT2D eigenvalue weighted by molar-refractivity contribution is 7.87. The van der Waals surface area contributed by atoms with Gasteiger partial charge < -0.3 is 10.2 Å². The summed E-state index contributed by atoms with van der Waals surface area (Å²) in [6.07, 6.45) is 0. The number of amides is 4. The summed E-state index contributed by atoms with van der Waals surface area (Å²) in [6.45, 7) is 6.17. The van der Waals surface area contributed by atoms with E-state index in [1.165, 1.54) is 11.9 Å². The normalized spacial score (nSPS) is 11.7. The Balaban J connectivity index is 1.61. The lowest BCUT2D eigenvalue weighted by Crippen LogP contribution is -2.43. The lowest BCUT2D eigenvalue weighted by atomic mass is 9.92. The highest BCUT2D eigenvalue weighted by Crippen LogP contribution is 2.28. The zero-order valence-corrected chi connectivity index (χ0v) is 22.9. The third kappa shape index (κ3) is 6.92. The van der Waals surface area contributed by atoms with Crippen LogP contribution in [-0.4, -0.2) is 42.2 Å². The van der Waals surface area contributed by atoms with Crippen LogP contribution in [0.4, 0.5) is 21.1 Å². The Morgan fingerprint density at radius 2 is 1.67 bits per heavy atom. The molecule has 3 aromatic carbocycles.